The topological polar surface area (TPSA) is 59.4 Å². The Balaban J connectivity index is 1.74. The number of hydrogen-bond donors (Lipinski definition) is 1. The van der Waals surface area contributed by atoms with E-state index in [9.17, 15) is 13.6 Å². The molecule has 2 aromatic rings. The van der Waals surface area contributed by atoms with Gasteiger partial charge < -0.3 is 15.0 Å². The van der Waals surface area contributed by atoms with Crippen LogP contribution >= 0.6 is 0 Å². The third kappa shape index (κ3) is 3.73. The largest absolute Gasteiger partial charge is 0.486 e. The molecule has 1 aromatic heterocycles. The third-order valence-electron chi connectivity index (χ3n) is 5.69. The average molecular weight is 390 g/mol. The number of nitrogens with zero attached hydrogens (tertiary/aromatic N) is 3. The van der Waals surface area contributed by atoms with Gasteiger partial charge in [-0.3, -0.25) is 4.79 Å². The van der Waals surface area contributed by atoms with Crippen molar-refractivity contribution in [3.05, 3.63) is 46.4 Å². The fraction of sp³-hybridized carbons (Fsp3) is 0.500. The summed E-state index contributed by atoms with van der Waals surface area (Å²) >= 11 is 0. The van der Waals surface area contributed by atoms with E-state index >= 15 is 0 Å². The second-order valence-electron chi connectivity index (χ2n) is 7.58. The Labute approximate surface area is 162 Å². The first-order valence-electron chi connectivity index (χ1n) is 9.69. The van der Waals surface area contributed by atoms with Gasteiger partial charge in [0.25, 0.3) is 0 Å². The van der Waals surface area contributed by atoms with Gasteiger partial charge in [-0.25, -0.2) is 8.78 Å². The van der Waals surface area contributed by atoms with Gasteiger partial charge in [0.05, 0.1) is 18.5 Å². The Kier molecular flexibility index (Phi) is 5.05. The van der Waals surface area contributed by atoms with Crippen molar-refractivity contribution >= 4 is 5.69 Å². The van der Waals surface area contributed by atoms with Crippen LogP contribution in [0.3, 0.4) is 0 Å². The second-order valence-corrected chi connectivity index (χ2v) is 7.58. The van der Waals surface area contributed by atoms with Gasteiger partial charge in [0.15, 0.2) is 0 Å². The van der Waals surface area contributed by atoms with Gasteiger partial charge in [-0.05, 0) is 31.4 Å². The van der Waals surface area contributed by atoms with E-state index in [0.29, 0.717) is 12.3 Å². The Morgan fingerprint density at radius 1 is 1.18 bits per heavy atom. The molecule has 0 amide bonds. The lowest BCUT2D eigenvalue weighted by atomic mass is 10.1. The number of halogens is 2. The normalized spacial score (nSPS) is 18.2. The van der Waals surface area contributed by atoms with Crippen molar-refractivity contribution in [3.63, 3.8) is 0 Å². The molecular weight excluding hydrogens is 366 g/mol. The second kappa shape index (κ2) is 7.50. The number of nitrogens with one attached hydrogen (secondary N) is 1. The summed E-state index contributed by atoms with van der Waals surface area (Å²) in [6.07, 6.45) is 4.71. The van der Waals surface area contributed by atoms with Gasteiger partial charge in [-0.1, -0.05) is 6.92 Å². The first kappa shape index (κ1) is 18.9. The molecule has 8 heteroatoms. The molecule has 2 aliphatic rings. The molecule has 2 heterocycles. The van der Waals surface area contributed by atoms with Gasteiger partial charge in [0.2, 0.25) is 5.75 Å². The molecule has 0 bridgehead atoms. The summed E-state index contributed by atoms with van der Waals surface area (Å²) in [5.74, 6) is -1.33. The maximum absolute atomic E-state index is 13.6. The molecule has 0 atom stereocenters. The Hall–Kier alpha value is -2.48. The lowest BCUT2D eigenvalue weighted by molar-refractivity contribution is 0.226. The van der Waals surface area contributed by atoms with E-state index in [1.165, 1.54) is 0 Å². The highest BCUT2D eigenvalue weighted by Crippen LogP contribution is 2.48. The molecule has 0 radical (unpaired) electrons. The molecule has 6 nitrogen and oxygen atoms in total. The number of hydrogen-bond acceptors (Lipinski definition) is 5. The van der Waals surface area contributed by atoms with Crippen LogP contribution in [0.25, 0.3) is 5.69 Å². The lowest BCUT2D eigenvalue weighted by Crippen LogP contribution is -2.44. The van der Waals surface area contributed by atoms with Crippen LogP contribution < -0.4 is 20.5 Å². The van der Waals surface area contributed by atoms with Crippen molar-refractivity contribution in [3.8, 4) is 11.4 Å². The number of ether oxygens (including phenoxy) is 1. The van der Waals surface area contributed by atoms with Crippen LogP contribution in [0.15, 0.2) is 29.2 Å². The van der Waals surface area contributed by atoms with Crippen molar-refractivity contribution in [2.45, 2.75) is 26.2 Å². The van der Waals surface area contributed by atoms with Crippen LogP contribution in [0.2, 0.25) is 0 Å². The smallest absolute Gasteiger partial charge is 0.316 e. The standard InChI is InChI=1S/C20H24F2N4O2/c1-2-20(3-4-20)13-28-18-17(25-7-5-23-6-8-25)12-24-26(19(18)27)16-10-14(21)9-15(22)11-16/h9-12,23H,2-8,13H2,1H3. The maximum atomic E-state index is 13.6. The number of aromatic nitrogens is 2. The minimum Gasteiger partial charge on any atom is -0.486 e. The van der Waals surface area contributed by atoms with Crippen molar-refractivity contribution in [2.24, 2.45) is 5.41 Å². The molecule has 1 aromatic carbocycles. The van der Waals surface area contributed by atoms with Gasteiger partial charge in [-0.2, -0.15) is 9.78 Å². The minimum atomic E-state index is -0.764. The molecule has 1 N–H and O–H groups in total. The summed E-state index contributed by atoms with van der Waals surface area (Å²) in [6, 6.07) is 2.93. The number of benzene rings is 1. The van der Waals surface area contributed by atoms with E-state index in [1.807, 2.05) is 0 Å². The van der Waals surface area contributed by atoms with Gasteiger partial charge in [0.1, 0.15) is 17.3 Å². The van der Waals surface area contributed by atoms with E-state index in [2.05, 4.69) is 22.2 Å². The summed E-state index contributed by atoms with van der Waals surface area (Å²) in [5, 5.41) is 7.45. The van der Waals surface area contributed by atoms with Crippen molar-refractivity contribution in [1.82, 2.24) is 15.1 Å². The van der Waals surface area contributed by atoms with Crippen molar-refractivity contribution in [2.75, 3.05) is 37.7 Å². The zero-order chi connectivity index (χ0) is 19.7. The van der Waals surface area contributed by atoms with E-state index in [0.717, 1.165) is 68.3 Å². The Morgan fingerprint density at radius 2 is 1.86 bits per heavy atom. The predicted octanol–water partition coefficient (Wildman–Crippen LogP) is 2.49. The molecule has 1 aliphatic heterocycles. The molecule has 0 spiro atoms. The first-order chi connectivity index (χ1) is 13.5. The fourth-order valence-corrected chi connectivity index (χ4v) is 3.54. The number of anilines is 1. The fourth-order valence-electron chi connectivity index (χ4n) is 3.54. The van der Waals surface area contributed by atoms with E-state index < -0.39 is 17.2 Å². The summed E-state index contributed by atoms with van der Waals surface area (Å²) < 4.78 is 34.3. The molecule has 1 aliphatic carbocycles. The molecule has 150 valence electrons. The molecule has 0 unspecified atom stereocenters. The van der Waals surface area contributed by atoms with Gasteiger partial charge >= 0.3 is 5.56 Å². The Morgan fingerprint density at radius 3 is 2.46 bits per heavy atom. The highest BCUT2D eigenvalue weighted by Gasteiger charge is 2.42. The average Bonchev–Trinajstić information content (AvgIpc) is 3.47. The van der Waals surface area contributed by atoms with Gasteiger partial charge in [0, 0.05) is 37.7 Å². The quantitative estimate of drug-likeness (QED) is 0.821. The molecule has 4 rings (SSSR count). The number of rotatable bonds is 6. The third-order valence-corrected chi connectivity index (χ3v) is 5.69. The van der Waals surface area contributed by atoms with E-state index in [1.54, 1.807) is 6.20 Å². The zero-order valence-electron chi connectivity index (χ0n) is 15.9. The van der Waals surface area contributed by atoms with Crippen LogP contribution in [0, 0.1) is 17.0 Å². The van der Waals surface area contributed by atoms with Crippen LogP contribution in [0.1, 0.15) is 26.2 Å². The van der Waals surface area contributed by atoms with E-state index in [-0.39, 0.29) is 16.9 Å². The molecule has 2 fully saturated rings. The first-order valence-corrected chi connectivity index (χ1v) is 9.69. The van der Waals surface area contributed by atoms with Crippen LogP contribution in [-0.4, -0.2) is 42.6 Å². The minimum absolute atomic E-state index is 0.0378. The lowest BCUT2D eigenvalue weighted by Gasteiger charge is -2.30. The Bertz CT molecular complexity index is 901. The zero-order valence-corrected chi connectivity index (χ0v) is 15.9. The molecule has 28 heavy (non-hydrogen) atoms. The van der Waals surface area contributed by atoms with Crippen LogP contribution in [-0.2, 0) is 0 Å². The predicted molar refractivity (Wildman–Crippen MR) is 102 cm³/mol. The number of piperazine rings is 1. The van der Waals surface area contributed by atoms with Crippen LogP contribution in [0.4, 0.5) is 14.5 Å². The van der Waals surface area contributed by atoms with Crippen molar-refractivity contribution in [1.29, 1.82) is 0 Å². The summed E-state index contributed by atoms with van der Waals surface area (Å²) in [4.78, 5) is 15.2. The summed E-state index contributed by atoms with van der Waals surface area (Å²) in [6.45, 7) is 5.64. The summed E-state index contributed by atoms with van der Waals surface area (Å²) in [7, 11) is 0. The van der Waals surface area contributed by atoms with Crippen LogP contribution in [0.5, 0.6) is 5.75 Å². The SMILES string of the molecule is CCC1(COc2c(N3CCNCC3)cnn(-c3cc(F)cc(F)c3)c2=O)CC1. The molecule has 1 saturated carbocycles. The van der Waals surface area contributed by atoms with Gasteiger partial charge in [-0.15, -0.1) is 0 Å². The highest BCUT2D eigenvalue weighted by atomic mass is 19.1. The maximum Gasteiger partial charge on any atom is 0.316 e. The van der Waals surface area contributed by atoms with E-state index in [4.69, 9.17) is 4.74 Å². The van der Waals surface area contributed by atoms with Crippen molar-refractivity contribution < 1.29 is 13.5 Å². The molecule has 1 saturated heterocycles. The molecular formula is C20H24F2N4O2. The summed E-state index contributed by atoms with van der Waals surface area (Å²) in [5.41, 5.74) is 0.293. The monoisotopic (exact) mass is 390 g/mol. The highest BCUT2D eigenvalue weighted by molar-refractivity contribution is 5.57.